The van der Waals surface area contributed by atoms with Crippen molar-refractivity contribution in [3.05, 3.63) is 89.0 Å². The minimum atomic E-state index is -4.12. The highest BCUT2D eigenvalue weighted by Gasteiger charge is 2.28. The second-order valence-electron chi connectivity index (χ2n) is 6.43. The van der Waals surface area contributed by atoms with E-state index in [1.54, 1.807) is 31.2 Å². The molecule has 0 saturated carbocycles. The van der Waals surface area contributed by atoms with Gasteiger partial charge in [-0.2, -0.15) is 0 Å². The second kappa shape index (κ2) is 8.81. The van der Waals surface area contributed by atoms with Crippen LogP contribution in [0.4, 0.5) is 20.2 Å². The fourth-order valence-electron chi connectivity index (χ4n) is 2.78. The molecule has 9 heteroatoms. The molecule has 0 bridgehead atoms. The van der Waals surface area contributed by atoms with Gasteiger partial charge in [-0.05, 0) is 55.0 Å². The molecule has 3 aromatic rings. The van der Waals surface area contributed by atoms with Crippen molar-refractivity contribution < 1.29 is 22.0 Å². The van der Waals surface area contributed by atoms with Crippen LogP contribution < -0.4 is 9.62 Å². The number of nitrogens with zero attached hydrogens (tertiary/aromatic N) is 1. The maximum atomic E-state index is 13.4. The van der Waals surface area contributed by atoms with Gasteiger partial charge >= 0.3 is 0 Å². The molecule has 0 aromatic heterocycles. The third kappa shape index (κ3) is 4.77. The first kappa shape index (κ1) is 21.7. The number of para-hydroxylation sites is 1. The van der Waals surface area contributed by atoms with E-state index in [2.05, 4.69) is 5.32 Å². The summed E-state index contributed by atoms with van der Waals surface area (Å²) in [5, 5.41) is 2.76. The van der Waals surface area contributed by atoms with Gasteiger partial charge in [0.15, 0.2) is 11.6 Å². The van der Waals surface area contributed by atoms with Crippen molar-refractivity contribution in [1.29, 1.82) is 0 Å². The number of aryl methyl sites for hydroxylation is 1. The number of carbonyl (C=O) groups is 1. The third-order valence-electron chi connectivity index (χ3n) is 4.28. The van der Waals surface area contributed by atoms with Crippen LogP contribution in [-0.2, 0) is 14.8 Å². The molecule has 0 aliphatic rings. The summed E-state index contributed by atoms with van der Waals surface area (Å²) in [7, 11) is -4.12. The molecule has 0 unspecified atom stereocenters. The first-order chi connectivity index (χ1) is 14.2. The smallest absolute Gasteiger partial charge is 0.264 e. The van der Waals surface area contributed by atoms with E-state index in [9.17, 15) is 22.0 Å². The predicted molar refractivity (Wildman–Crippen MR) is 112 cm³/mol. The Morgan fingerprint density at radius 3 is 2.30 bits per heavy atom. The molecule has 1 amide bonds. The maximum absolute atomic E-state index is 13.4. The summed E-state index contributed by atoms with van der Waals surface area (Å²) in [6, 6.07) is 15.1. The second-order valence-corrected chi connectivity index (χ2v) is 8.73. The molecule has 0 aliphatic carbocycles. The highest BCUT2D eigenvalue weighted by atomic mass is 35.5. The lowest BCUT2D eigenvalue weighted by molar-refractivity contribution is -0.114. The van der Waals surface area contributed by atoms with Crippen molar-refractivity contribution in [3.8, 4) is 0 Å². The van der Waals surface area contributed by atoms with Crippen LogP contribution in [0.2, 0.25) is 5.02 Å². The number of rotatable bonds is 6. The number of carbonyl (C=O) groups excluding carboxylic acids is 1. The molecule has 0 fully saturated rings. The molecular formula is C21H17ClF2N2O3S. The van der Waals surface area contributed by atoms with Gasteiger partial charge in [-0.3, -0.25) is 9.10 Å². The Labute approximate surface area is 178 Å². The van der Waals surface area contributed by atoms with Crippen LogP contribution >= 0.6 is 11.6 Å². The summed E-state index contributed by atoms with van der Waals surface area (Å²) >= 11 is 5.85. The zero-order chi connectivity index (χ0) is 21.9. The Balaban J connectivity index is 1.95. The van der Waals surface area contributed by atoms with Crippen molar-refractivity contribution in [2.24, 2.45) is 0 Å². The van der Waals surface area contributed by atoms with E-state index >= 15 is 0 Å². The third-order valence-corrected chi connectivity index (χ3v) is 6.30. The molecule has 1 N–H and O–H groups in total. The topological polar surface area (TPSA) is 66.5 Å². The number of hydrogen-bond acceptors (Lipinski definition) is 3. The summed E-state index contributed by atoms with van der Waals surface area (Å²) in [5.74, 6) is -2.90. The minimum Gasteiger partial charge on any atom is -0.324 e. The van der Waals surface area contributed by atoms with Crippen molar-refractivity contribution in [1.82, 2.24) is 0 Å². The van der Waals surface area contributed by atoms with E-state index in [0.717, 1.165) is 16.4 Å². The molecule has 3 rings (SSSR count). The monoisotopic (exact) mass is 450 g/mol. The van der Waals surface area contributed by atoms with Gasteiger partial charge < -0.3 is 5.32 Å². The van der Waals surface area contributed by atoms with Gasteiger partial charge in [-0.1, -0.05) is 29.8 Å². The predicted octanol–water partition coefficient (Wildman–Crippen LogP) is 4.76. The Kier molecular flexibility index (Phi) is 6.38. The number of amides is 1. The van der Waals surface area contributed by atoms with Crippen LogP contribution in [0.25, 0.3) is 0 Å². The van der Waals surface area contributed by atoms with Crippen LogP contribution in [0.5, 0.6) is 0 Å². The van der Waals surface area contributed by atoms with Crippen LogP contribution in [0.15, 0.2) is 71.6 Å². The maximum Gasteiger partial charge on any atom is 0.264 e. The number of nitrogens with one attached hydrogen (secondary N) is 1. The van der Waals surface area contributed by atoms with Gasteiger partial charge in [-0.25, -0.2) is 17.2 Å². The lowest BCUT2D eigenvalue weighted by atomic mass is 10.2. The molecule has 0 radical (unpaired) electrons. The van der Waals surface area contributed by atoms with Gasteiger partial charge in [0.1, 0.15) is 6.54 Å². The summed E-state index contributed by atoms with van der Waals surface area (Å²) in [6.07, 6.45) is 0. The zero-order valence-electron chi connectivity index (χ0n) is 15.8. The Morgan fingerprint density at radius 1 is 1.00 bits per heavy atom. The van der Waals surface area contributed by atoms with Gasteiger partial charge in [-0.15, -0.1) is 0 Å². The van der Waals surface area contributed by atoms with E-state index in [1.807, 2.05) is 0 Å². The van der Waals surface area contributed by atoms with Crippen molar-refractivity contribution in [2.75, 3.05) is 16.2 Å². The Bertz CT molecular complexity index is 1190. The fraction of sp³-hybridized carbons (Fsp3) is 0.0952. The van der Waals surface area contributed by atoms with Crippen molar-refractivity contribution in [3.63, 3.8) is 0 Å². The largest absolute Gasteiger partial charge is 0.324 e. The lowest BCUT2D eigenvalue weighted by Gasteiger charge is -2.25. The first-order valence-corrected chi connectivity index (χ1v) is 10.6. The summed E-state index contributed by atoms with van der Waals surface area (Å²) in [6.45, 7) is 1.14. The summed E-state index contributed by atoms with van der Waals surface area (Å²) in [5.41, 5.74) is 0.955. The van der Waals surface area contributed by atoms with E-state index in [1.165, 1.54) is 30.3 Å². The number of anilines is 2. The standard InChI is InChI=1S/C21H17ClF2N2O3S/c1-14-4-2-3-5-20(14)26(30(28,29)17-9-6-15(22)7-10-17)13-21(27)25-16-8-11-18(23)19(24)12-16/h2-12H,13H2,1H3,(H,25,27). The van der Waals surface area contributed by atoms with Gasteiger partial charge in [0.05, 0.1) is 10.6 Å². The van der Waals surface area contributed by atoms with Crippen LogP contribution in [0.1, 0.15) is 5.56 Å². The molecule has 5 nitrogen and oxygen atoms in total. The van der Waals surface area contributed by atoms with E-state index in [-0.39, 0.29) is 10.6 Å². The molecule has 0 saturated heterocycles. The molecule has 0 aliphatic heterocycles. The van der Waals surface area contributed by atoms with E-state index < -0.39 is 34.1 Å². The Morgan fingerprint density at radius 2 is 1.67 bits per heavy atom. The SMILES string of the molecule is Cc1ccccc1N(CC(=O)Nc1ccc(F)c(F)c1)S(=O)(=O)c1ccc(Cl)cc1. The van der Waals surface area contributed by atoms with Crippen LogP contribution in [0, 0.1) is 18.6 Å². The number of hydrogen-bond donors (Lipinski definition) is 1. The van der Waals surface area contributed by atoms with Crippen molar-refractivity contribution >= 4 is 38.9 Å². The molecule has 0 atom stereocenters. The molecular weight excluding hydrogens is 434 g/mol. The molecule has 3 aromatic carbocycles. The number of benzene rings is 3. The normalized spacial score (nSPS) is 11.2. The van der Waals surface area contributed by atoms with E-state index in [4.69, 9.17) is 11.6 Å². The van der Waals surface area contributed by atoms with Crippen LogP contribution in [0.3, 0.4) is 0 Å². The summed E-state index contributed by atoms with van der Waals surface area (Å²) in [4.78, 5) is 12.5. The highest BCUT2D eigenvalue weighted by Crippen LogP contribution is 2.27. The average Bonchev–Trinajstić information content (AvgIpc) is 2.70. The quantitative estimate of drug-likeness (QED) is 0.588. The number of sulfonamides is 1. The average molecular weight is 451 g/mol. The number of halogens is 3. The minimum absolute atomic E-state index is 0.00697. The molecule has 0 heterocycles. The first-order valence-electron chi connectivity index (χ1n) is 8.77. The molecule has 30 heavy (non-hydrogen) atoms. The van der Waals surface area contributed by atoms with E-state index in [0.29, 0.717) is 16.3 Å². The van der Waals surface area contributed by atoms with Gasteiger partial charge in [0, 0.05) is 16.8 Å². The fourth-order valence-corrected chi connectivity index (χ4v) is 4.39. The lowest BCUT2D eigenvalue weighted by Crippen LogP contribution is -2.38. The summed E-state index contributed by atoms with van der Waals surface area (Å²) < 4.78 is 54.0. The molecule has 156 valence electrons. The van der Waals surface area contributed by atoms with Gasteiger partial charge in [0.25, 0.3) is 10.0 Å². The zero-order valence-corrected chi connectivity index (χ0v) is 17.3. The van der Waals surface area contributed by atoms with Crippen molar-refractivity contribution in [2.45, 2.75) is 11.8 Å². The molecule has 0 spiro atoms. The van der Waals surface area contributed by atoms with Crippen LogP contribution in [-0.4, -0.2) is 20.9 Å². The van der Waals surface area contributed by atoms with Gasteiger partial charge in [0.2, 0.25) is 5.91 Å². The highest BCUT2D eigenvalue weighted by molar-refractivity contribution is 7.92. The Hall–Kier alpha value is -2.97.